The number of hydrogen-bond donors (Lipinski definition) is 2. The second kappa shape index (κ2) is 13.1. The molecule has 3 aliphatic rings. The lowest BCUT2D eigenvalue weighted by atomic mass is 9.75. The quantitative estimate of drug-likeness (QED) is 0.175. The number of alkyl carbamates (subject to hydrolysis) is 1. The van der Waals surface area contributed by atoms with Gasteiger partial charge in [0.2, 0.25) is 0 Å². The minimum Gasteiger partial charge on any atom is -0.447 e. The van der Waals surface area contributed by atoms with E-state index in [4.69, 9.17) is 22.1 Å². The van der Waals surface area contributed by atoms with Crippen LogP contribution in [0.2, 0.25) is 5.02 Å². The molecule has 0 spiro atoms. The summed E-state index contributed by atoms with van der Waals surface area (Å²) < 4.78 is 89.0. The molecule has 2 amide bonds. The standard InChI is InChI=1S/C33H32ClF6N9O3/c1-30(2,3)15-31(21-7-4-18(5-8-21)20-12-43-47(13-20)27(35)36)26(50)48(28(41)46-31)24(14-52-29(51)45-25-11-32(25,37)38)19-6-9-22(34)23(10-19)49-33(39,40)16-42-17-44-49/h4-10,12-13,16-17,24-25,27H,11,14-15H2,1-3H3,(H2,41,46)(H,45,51)/t24-,25?,31-/m1/s1. The van der Waals surface area contributed by atoms with Crippen molar-refractivity contribution in [1.82, 2.24) is 20.0 Å². The summed E-state index contributed by atoms with van der Waals surface area (Å²) in [5, 5.41) is 9.53. The second-order valence-corrected chi connectivity index (χ2v) is 14.1. The van der Waals surface area contributed by atoms with E-state index in [2.05, 4.69) is 25.5 Å². The van der Waals surface area contributed by atoms with Gasteiger partial charge in [0.1, 0.15) is 19.0 Å². The highest BCUT2D eigenvalue weighted by atomic mass is 35.5. The van der Waals surface area contributed by atoms with Gasteiger partial charge in [-0.3, -0.25) is 9.69 Å². The Morgan fingerprint density at radius 1 is 1.12 bits per heavy atom. The van der Waals surface area contributed by atoms with Crippen LogP contribution in [0.25, 0.3) is 11.1 Å². The molecule has 3 N–H and O–H groups in total. The number of guanidine groups is 1. The van der Waals surface area contributed by atoms with Gasteiger partial charge in [-0.2, -0.15) is 32.8 Å². The number of aliphatic imine (C=N–C) groups is 2. The molecule has 0 saturated heterocycles. The van der Waals surface area contributed by atoms with Gasteiger partial charge in [-0.05, 0) is 40.7 Å². The zero-order valence-electron chi connectivity index (χ0n) is 27.8. The third-order valence-electron chi connectivity index (χ3n) is 8.54. The molecule has 1 aliphatic carbocycles. The van der Waals surface area contributed by atoms with Gasteiger partial charge < -0.3 is 15.8 Å². The van der Waals surface area contributed by atoms with Gasteiger partial charge in [-0.25, -0.2) is 28.2 Å². The van der Waals surface area contributed by atoms with Crippen LogP contribution in [0.1, 0.15) is 57.3 Å². The number of nitrogens with one attached hydrogen (secondary N) is 1. The van der Waals surface area contributed by atoms with E-state index in [9.17, 15) is 35.9 Å². The van der Waals surface area contributed by atoms with Crippen molar-refractivity contribution < 1.29 is 40.7 Å². The molecule has 0 bridgehead atoms. The highest BCUT2D eigenvalue weighted by Crippen LogP contribution is 2.46. The van der Waals surface area contributed by atoms with Gasteiger partial charge >= 0.3 is 18.7 Å². The Labute approximate surface area is 298 Å². The first-order chi connectivity index (χ1) is 24.3. The molecule has 276 valence electrons. The lowest BCUT2D eigenvalue weighted by molar-refractivity contribution is -0.135. The van der Waals surface area contributed by atoms with Crippen LogP contribution in [0.4, 0.5) is 36.8 Å². The van der Waals surface area contributed by atoms with E-state index in [-0.39, 0.29) is 28.7 Å². The number of nitrogens with zero attached hydrogens (tertiary/aromatic N) is 7. The molecular formula is C33H32ClF6N9O3. The molecule has 1 aromatic heterocycles. The van der Waals surface area contributed by atoms with Gasteiger partial charge in [-0.15, -0.1) is 0 Å². The summed E-state index contributed by atoms with van der Waals surface area (Å²) in [6, 6.07) is 3.82. The summed E-state index contributed by atoms with van der Waals surface area (Å²) in [5.41, 5.74) is 5.38. The van der Waals surface area contributed by atoms with E-state index in [0.29, 0.717) is 32.6 Å². The van der Waals surface area contributed by atoms with Crippen LogP contribution < -0.4 is 16.1 Å². The van der Waals surface area contributed by atoms with E-state index >= 15 is 0 Å². The van der Waals surface area contributed by atoms with Crippen LogP contribution >= 0.6 is 11.6 Å². The van der Waals surface area contributed by atoms with Crippen molar-refractivity contribution in [3.05, 3.63) is 71.0 Å². The lowest BCUT2D eigenvalue weighted by Crippen LogP contribution is -2.48. The predicted octanol–water partition coefficient (Wildman–Crippen LogP) is 6.69. The maximum atomic E-state index is 14.9. The monoisotopic (exact) mass is 751 g/mol. The number of hydrogen-bond acceptors (Lipinski definition) is 9. The maximum Gasteiger partial charge on any atom is 0.407 e. The van der Waals surface area contributed by atoms with E-state index in [1.54, 1.807) is 24.3 Å². The van der Waals surface area contributed by atoms with Gasteiger partial charge in [0.15, 0.2) is 11.5 Å². The number of carbonyl (C=O) groups excluding carboxylic acids is 2. The van der Waals surface area contributed by atoms with Crippen molar-refractivity contribution in [3.8, 4) is 11.1 Å². The molecule has 3 heterocycles. The molecule has 52 heavy (non-hydrogen) atoms. The van der Waals surface area contributed by atoms with Crippen molar-refractivity contribution in [2.24, 2.45) is 26.2 Å². The molecule has 19 heteroatoms. The summed E-state index contributed by atoms with van der Waals surface area (Å²) in [6.07, 6.45) is 1.99. The third kappa shape index (κ3) is 7.15. The van der Waals surface area contributed by atoms with Crippen molar-refractivity contribution in [1.29, 1.82) is 0 Å². The summed E-state index contributed by atoms with van der Waals surface area (Å²) in [7, 11) is 0. The first kappa shape index (κ1) is 36.7. The zero-order chi connectivity index (χ0) is 37.8. The van der Waals surface area contributed by atoms with E-state index < -0.39 is 66.6 Å². The number of nitrogens with two attached hydrogens (primary N) is 1. The molecule has 0 radical (unpaired) electrons. The maximum absolute atomic E-state index is 14.9. The van der Waals surface area contributed by atoms with Gasteiger partial charge in [0.25, 0.3) is 11.8 Å². The van der Waals surface area contributed by atoms with Gasteiger partial charge in [-0.1, -0.05) is 62.7 Å². The number of amides is 2. The fourth-order valence-corrected chi connectivity index (χ4v) is 6.29. The van der Waals surface area contributed by atoms with E-state index in [1.165, 1.54) is 30.6 Å². The average Bonchev–Trinajstić information content (AvgIpc) is 3.35. The van der Waals surface area contributed by atoms with Gasteiger partial charge in [0, 0.05) is 18.2 Å². The third-order valence-corrected chi connectivity index (χ3v) is 8.86. The Hall–Kier alpha value is -5.13. The normalized spacial score (nSPS) is 22.5. The summed E-state index contributed by atoms with van der Waals surface area (Å²) in [5.74, 6) is -4.09. The van der Waals surface area contributed by atoms with Crippen LogP contribution in [0, 0.1) is 5.41 Å². The van der Waals surface area contributed by atoms with E-state index in [0.717, 1.165) is 11.2 Å². The topological polar surface area (TPSA) is 143 Å². The van der Waals surface area contributed by atoms with Crippen molar-refractivity contribution in [3.63, 3.8) is 0 Å². The number of ether oxygens (including phenoxy) is 1. The fraction of sp³-hybridized carbons (Fsp3) is 0.394. The highest BCUT2D eigenvalue weighted by Gasteiger charge is 2.58. The molecule has 12 nitrogen and oxygen atoms in total. The van der Waals surface area contributed by atoms with E-state index in [1.807, 2.05) is 20.8 Å². The number of carbonyl (C=O) groups is 2. The van der Waals surface area contributed by atoms with Crippen LogP contribution in [-0.4, -0.2) is 69.8 Å². The number of alkyl halides is 6. The molecular weight excluding hydrogens is 720 g/mol. The first-order valence-corrected chi connectivity index (χ1v) is 16.2. The highest BCUT2D eigenvalue weighted by molar-refractivity contribution is 6.33. The molecule has 1 saturated carbocycles. The lowest BCUT2D eigenvalue weighted by Gasteiger charge is -2.35. The Morgan fingerprint density at radius 2 is 1.81 bits per heavy atom. The Kier molecular flexibility index (Phi) is 9.25. The van der Waals surface area contributed by atoms with Crippen LogP contribution in [0.3, 0.4) is 0 Å². The number of rotatable bonds is 10. The summed E-state index contributed by atoms with van der Waals surface area (Å²) in [4.78, 5) is 36.6. The summed E-state index contributed by atoms with van der Waals surface area (Å²) in [6.45, 7) is 2.10. The number of hydrazone groups is 1. The predicted molar refractivity (Wildman–Crippen MR) is 180 cm³/mol. The Bertz CT molecular complexity index is 1960. The van der Waals surface area contributed by atoms with Crippen LogP contribution in [0.15, 0.2) is 69.9 Å². The smallest absolute Gasteiger partial charge is 0.407 e. The molecule has 3 atom stereocenters. The number of aromatic nitrogens is 2. The number of anilines is 1. The van der Waals surface area contributed by atoms with Crippen molar-refractivity contribution in [2.45, 2.75) is 69.8 Å². The SMILES string of the molecule is CC(C)(C)C[C@]1(c2ccc(-c3cnn(C(F)F)c3)cc2)N=C(N)N([C@H](COC(=O)NC2CC2(F)F)c2ccc(Cl)c(N3N=CN=CC3(F)F)c2)C1=O. The molecule has 3 aromatic rings. The minimum absolute atomic E-state index is 0.0990. The number of halogens is 7. The van der Waals surface area contributed by atoms with Gasteiger partial charge in [0.05, 0.1) is 29.2 Å². The Morgan fingerprint density at radius 3 is 2.40 bits per heavy atom. The second-order valence-electron chi connectivity index (χ2n) is 13.7. The van der Waals surface area contributed by atoms with Crippen LogP contribution in [-0.2, 0) is 15.1 Å². The zero-order valence-corrected chi connectivity index (χ0v) is 28.5. The van der Waals surface area contributed by atoms with Crippen molar-refractivity contribution in [2.75, 3.05) is 11.6 Å². The van der Waals surface area contributed by atoms with Crippen LogP contribution in [0.5, 0.6) is 0 Å². The molecule has 1 unspecified atom stereocenters. The minimum atomic E-state index is -3.70. The Balaban J connectivity index is 1.39. The average molecular weight is 752 g/mol. The largest absolute Gasteiger partial charge is 0.447 e. The fourth-order valence-electron chi connectivity index (χ4n) is 6.09. The summed E-state index contributed by atoms with van der Waals surface area (Å²) >= 11 is 6.34. The molecule has 2 aromatic carbocycles. The molecule has 6 rings (SSSR count). The van der Waals surface area contributed by atoms with Crippen molar-refractivity contribution >= 4 is 47.8 Å². The molecule has 2 aliphatic heterocycles. The first-order valence-electron chi connectivity index (χ1n) is 15.8. The number of benzene rings is 2. The molecule has 1 fully saturated rings.